The molecule has 8 heteroatoms. The Balaban J connectivity index is 1.86. The van der Waals surface area contributed by atoms with Gasteiger partial charge in [-0.05, 0) is 49.7 Å². The Bertz CT molecular complexity index is 1300. The zero-order chi connectivity index (χ0) is 21.4. The number of nitrogens with zero attached hydrogens (tertiary/aromatic N) is 4. The van der Waals surface area contributed by atoms with Crippen molar-refractivity contribution in [1.82, 2.24) is 18.9 Å². The molecule has 0 atom stereocenters. The van der Waals surface area contributed by atoms with Crippen molar-refractivity contribution in [3.63, 3.8) is 0 Å². The number of fused-ring (bicyclic) bond motifs is 1. The van der Waals surface area contributed by atoms with Crippen molar-refractivity contribution in [3.8, 4) is 5.69 Å². The van der Waals surface area contributed by atoms with Gasteiger partial charge in [0.15, 0.2) is 0 Å². The van der Waals surface area contributed by atoms with Gasteiger partial charge in [-0.2, -0.15) is 5.10 Å². The number of hydrogen-bond donors (Lipinski definition) is 0. The summed E-state index contributed by atoms with van der Waals surface area (Å²) < 4.78 is 9.87. The van der Waals surface area contributed by atoms with Crippen molar-refractivity contribution < 1.29 is 9.53 Å². The van der Waals surface area contributed by atoms with E-state index >= 15 is 0 Å². The van der Waals surface area contributed by atoms with Crippen LogP contribution >= 0.6 is 11.6 Å². The maximum Gasteiger partial charge on any atom is 0.337 e. The molecule has 0 aliphatic rings. The van der Waals surface area contributed by atoms with Crippen LogP contribution in [-0.2, 0) is 11.3 Å². The summed E-state index contributed by atoms with van der Waals surface area (Å²) in [5, 5.41) is 4.90. The molecular weight excluding hydrogens is 404 g/mol. The summed E-state index contributed by atoms with van der Waals surface area (Å²) in [5.74, 6) is -0.417. The van der Waals surface area contributed by atoms with Crippen LogP contribution in [0.15, 0.2) is 59.7 Å². The van der Waals surface area contributed by atoms with Crippen molar-refractivity contribution in [2.45, 2.75) is 26.4 Å². The van der Waals surface area contributed by atoms with Gasteiger partial charge in [0.25, 0.3) is 0 Å². The molecule has 0 spiro atoms. The van der Waals surface area contributed by atoms with Gasteiger partial charge in [0.05, 0.1) is 42.1 Å². The molecule has 0 unspecified atom stereocenters. The van der Waals surface area contributed by atoms with E-state index in [9.17, 15) is 9.59 Å². The van der Waals surface area contributed by atoms with E-state index in [1.165, 1.54) is 7.11 Å². The molecule has 2 heterocycles. The van der Waals surface area contributed by atoms with Crippen LogP contribution in [0.3, 0.4) is 0 Å². The lowest BCUT2D eigenvalue weighted by Gasteiger charge is -2.06. The van der Waals surface area contributed by atoms with Crippen LogP contribution in [0.25, 0.3) is 16.7 Å². The van der Waals surface area contributed by atoms with Crippen LogP contribution in [0, 0.1) is 0 Å². The number of imidazole rings is 1. The van der Waals surface area contributed by atoms with E-state index in [1.54, 1.807) is 50.3 Å². The molecular formula is C22H21ClN4O3. The molecule has 0 bridgehead atoms. The number of ether oxygens (including phenoxy) is 1. The maximum atomic E-state index is 13.4. The summed E-state index contributed by atoms with van der Waals surface area (Å²) in [4.78, 5) is 25.3. The van der Waals surface area contributed by atoms with Gasteiger partial charge in [0.1, 0.15) is 0 Å². The van der Waals surface area contributed by atoms with Crippen LogP contribution < -0.4 is 5.69 Å². The third-order valence-corrected chi connectivity index (χ3v) is 5.19. The summed E-state index contributed by atoms with van der Waals surface area (Å²) in [6.45, 7) is 4.34. The predicted molar refractivity (Wildman–Crippen MR) is 116 cm³/mol. The first-order valence-corrected chi connectivity index (χ1v) is 9.89. The smallest absolute Gasteiger partial charge is 0.337 e. The highest BCUT2D eigenvalue weighted by Gasteiger charge is 2.17. The first kappa shape index (κ1) is 20.0. The largest absolute Gasteiger partial charge is 0.465 e. The Kier molecular flexibility index (Phi) is 5.22. The summed E-state index contributed by atoms with van der Waals surface area (Å²) in [6.07, 6.45) is 3.51. The van der Waals surface area contributed by atoms with Crippen molar-refractivity contribution in [3.05, 3.63) is 81.5 Å². The fraction of sp³-hybridized carbons (Fsp3) is 0.227. The second kappa shape index (κ2) is 7.84. The van der Waals surface area contributed by atoms with Crippen LogP contribution in [-0.4, -0.2) is 32.0 Å². The van der Waals surface area contributed by atoms with Crippen LogP contribution in [0.5, 0.6) is 0 Å². The zero-order valence-corrected chi connectivity index (χ0v) is 17.6. The molecule has 2 aromatic heterocycles. The number of halogens is 1. The first-order valence-electron chi connectivity index (χ1n) is 9.51. The minimum Gasteiger partial charge on any atom is -0.465 e. The summed E-state index contributed by atoms with van der Waals surface area (Å²) in [6, 6.07) is 12.6. The zero-order valence-electron chi connectivity index (χ0n) is 16.9. The number of esters is 1. The average Bonchev–Trinajstić information content (AvgIpc) is 3.31. The normalized spacial score (nSPS) is 11.4. The summed E-state index contributed by atoms with van der Waals surface area (Å²) in [5.41, 5.74) is 3.15. The number of benzene rings is 2. The SMILES string of the molecule is COC(=O)c1cccc(Cn2c(=O)n(-c3cnn(C(C)C)c3)c3cc(Cl)ccc32)c1. The standard InChI is InChI=1S/C22H21ClN4O3/c1-14(2)26-13-18(11-24-26)27-20-10-17(23)7-8-19(20)25(22(27)29)12-15-5-4-6-16(9-15)21(28)30-3/h4-11,13-14H,12H2,1-3H3. The molecule has 0 aliphatic heterocycles. The number of carbonyl (C=O) groups excluding carboxylic acids is 1. The molecule has 0 N–H and O–H groups in total. The Hall–Kier alpha value is -3.32. The molecule has 0 radical (unpaired) electrons. The molecule has 4 rings (SSSR count). The number of rotatable bonds is 5. The number of hydrogen-bond acceptors (Lipinski definition) is 4. The van der Waals surface area contributed by atoms with Gasteiger partial charge in [-0.1, -0.05) is 23.7 Å². The Morgan fingerprint density at radius 2 is 1.97 bits per heavy atom. The second-order valence-corrected chi connectivity index (χ2v) is 7.74. The third-order valence-electron chi connectivity index (χ3n) is 4.96. The fourth-order valence-electron chi connectivity index (χ4n) is 3.46. The Labute approximate surface area is 178 Å². The fourth-order valence-corrected chi connectivity index (χ4v) is 3.62. The molecule has 0 fully saturated rings. The van der Waals surface area contributed by atoms with Crippen LogP contribution in [0.2, 0.25) is 5.02 Å². The minimum atomic E-state index is -0.417. The molecule has 154 valence electrons. The van der Waals surface area contributed by atoms with Crippen molar-refractivity contribution >= 4 is 28.6 Å². The molecule has 0 amide bonds. The second-order valence-electron chi connectivity index (χ2n) is 7.30. The molecule has 4 aromatic rings. The molecule has 2 aromatic carbocycles. The highest BCUT2D eigenvalue weighted by molar-refractivity contribution is 6.31. The number of carbonyl (C=O) groups is 1. The lowest BCUT2D eigenvalue weighted by molar-refractivity contribution is 0.0600. The molecule has 7 nitrogen and oxygen atoms in total. The van der Waals surface area contributed by atoms with Gasteiger partial charge in [-0.3, -0.25) is 13.8 Å². The average molecular weight is 425 g/mol. The third kappa shape index (κ3) is 3.52. The molecule has 0 aliphatic carbocycles. The van der Waals surface area contributed by atoms with E-state index in [4.69, 9.17) is 16.3 Å². The van der Waals surface area contributed by atoms with Crippen molar-refractivity contribution in [2.24, 2.45) is 0 Å². The monoisotopic (exact) mass is 424 g/mol. The van der Waals surface area contributed by atoms with Gasteiger partial charge in [-0.25, -0.2) is 9.59 Å². The lowest BCUT2D eigenvalue weighted by atomic mass is 10.1. The van der Waals surface area contributed by atoms with Crippen LogP contribution in [0.4, 0.5) is 0 Å². The highest BCUT2D eigenvalue weighted by atomic mass is 35.5. The van der Waals surface area contributed by atoms with Gasteiger partial charge in [0, 0.05) is 17.3 Å². The van der Waals surface area contributed by atoms with E-state index in [1.807, 2.05) is 32.2 Å². The summed E-state index contributed by atoms with van der Waals surface area (Å²) >= 11 is 6.23. The van der Waals surface area contributed by atoms with Crippen LogP contribution in [0.1, 0.15) is 35.8 Å². The Morgan fingerprint density at radius 1 is 1.17 bits per heavy atom. The highest BCUT2D eigenvalue weighted by Crippen LogP contribution is 2.23. The number of methoxy groups -OCH3 is 1. The minimum absolute atomic E-state index is 0.174. The summed E-state index contributed by atoms with van der Waals surface area (Å²) in [7, 11) is 1.34. The predicted octanol–water partition coefficient (Wildman–Crippen LogP) is 4.06. The van der Waals surface area contributed by atoms with E-state index in [2.05, 4.69) is 5.10 Å². The topological polar surface area (TPSA) is 71.1 Å². The van der Waals surface area contributed by atoms with E-state index in [0.29, 0.717) is 28.3 Å². The van der Waals surface area contributed by atoms with E-state index in [-0.39, 0.29) is 11.7 Å². The molecule has 0 saturated heterocycles. The maximum absolute atomic E-state index is 13.4. The van der Waals surface area contributed by atoms with Crippen molar-refractivity contribution in [1.29, 1.82) is 0 Å². The first-order chi connectivity index (χ1) is 14.4. The molecule has 0 saturated carbocycles. The van der Waals surface area contributed by atoms with Gasteiger partial charge in [-0.15, -0.1) is 0 Å². The van der Waals surface area contributed by atoms with E-state index in [0.717, 1.165) is 11.1 Å². The molecule has 30 heavy (non-hydrogen) atoms. The quantitative estimate of drug-likeness (QED) is 0.453. The Morgan fingerprint density at radius 3 is 2.67 bits per heavy atom. The van der Waals surface area contributed by atoms with Gasteiger partial charge < -0.3 is 4.74 Å². The number of aromatic nitrogens is 4. The lowest BCUT2D eigenvalue weighted by Crippen LogP contribution is -2.23. The van der Waals surface area contributed by atoms with Gasteiger partial charge in [0.2, 0.25) is 0 Å². The van der Waals surface area contributed by atoms with Crippen molar-refractivity contribution in [2.75, 3.05) is 7.11 Å². The van der Waals surface area contributed by atoms with E-state index < -0.39 is 5.97 Å². The van der Waals surface area contributed by atoms with Gasteiger partial charge >= 0.3 is 11.7 Å².